The summed E-state index contributed by atoms with van der Waals surface area (Å²) in [6, 6.07) is 4.73. The van der Waals surface area contributed by atoms with Gasteiger partial charge in [0.05, 0.1) is 29.9 Å². The Bertz CT molecular complexity index is 492. The van der Waals surface area contributed by atoms with E-state index in [9.17, 15) is 18.3 Å². The van der Waals surface area contributed by atoms with Crippen molar-refractivity contribution >= 4 is 0 Å². The monoisotopic (exact) mass is 287 g/mol. The van der Waals surface area contributed by atoms with E-state index in [0.717, 1.165) is 12.1 Å². The molecule has 0 heterocycles. The number of ether oxygens (including phenoxy) is 1. The molecule has 1 aromatic carbocycles. The zero-order valence-electron chi connectivity index (χ0n) is 11.2. The number of rotatable bonds is 5. The predicted molar refractivity (Wildman–Crippen MR) is 67.1 cm³/mol. The van der Waals surface area contributed by atoms with Gasteiger partial charge in [-0.2, -0.15) is 18.4 Å². The Morgan fingerprint density at radius 1 is 1.40 bits per heavy atom. The molecule has 0 saturated heterocycles. The average Bonchev–Trinajstić information content (AvgIpc) is 2.37. The Balaban J connectivity index is 2.91. The van der Waals surface area contributed by atoms with Crippen molar-refractivity contribution in [3.63, 3.8) is 0 Å². The Labute approximate surface area is 115 Å². The zero-order chi connectivity index (χ0) is 15.3. The molecule has 0 saturated carbocycles. The summed E-state index contributed by atoms with van der Waals surface area (Å²) in [5.41, 5.74) is -1.45. The molecule has 0 fully saturated rings. The van der Waals surface area contributed by atoms with E-state index in [4.69, 9.17) is 10.00 Å². The van der Waals surface area contributed by atoms with Crippen molar-refractivity contribution in [3.8, 4) is 11.8 Å². The summed E-state index contributed by atoms with van der Waals surface area (Å²) in [5.74, 6) is -0.115. The van der Waals surface area contributed by atoms with Crippen LogP contribution >= 0.6 is 0 Å². The molecule has 0 aromatic heterocycles. The highest BCUT2D eigenvalue weighted by atomic mass is 19.4. The molecule has 3 nitrogen and oxygen atoms in total. The molecule has 110 valence electrons. The third-order valence-electron chi connectivity index (χ3n) is 3.09. The topological polar surface area (TPSA) is 53.2 Å². The first-order chi connectivity index (χ1) is 9.29. The van der Waals surface area contributed by atoms with Crippen LogP contribution in [-0.4, -0.2) is 17.8 Å². The fourth-order valence-electron chi connectivity index (χ4n) is 1.75. The Kier molecular flexibility index (Phi) is 5.40. The van der Waals surface area contributed by atoms with E-state index >= 15 is 0 Å². The normalized spacial score (nSPS) is 14.4. The van der Waals surface area contributed by atoms with Gasteiger partial charge in [-0.25, -0.2) is 0 Å². The Hall–Kier alpha value is -1.74. The van der Waals surface area contributed by atoms with Crippen molar-refractivity contribution in [2.45, 2.75) is 32.5 Å². The van der Waals surface area contributed by atoms with Crippen LogP contribution in [0.5, 0.6) is 5.75 Å². The van der Waals surface area contributed by atoms with E-state index in [1.54, 1.807) is 6.92 Å². The van der Waals surface area contributed by atoms with Crippen LogP contribution in [0.4, 0.5) is 13.2 Å². The number of aliphatic hydroxyl groups is 1. The molecule has 2 atom stereocenters. The Morgan fingerprint density at radius 3 is 2.50 bits per heavy atom. The number of aliphatic hydroxyl groups excluding tert-OH is 1. The minimum absolute atomic E-state index is 0.0374. The number of nitriles is 1. The van der Waals surface area contributed by atoms with Gasteiger partial charge in [-0.3, -0.25) is 0 Å². The second-order valence-corrected chi connectivity index (χ2v) is 4.54. The molecule has 0 spiro atoms. The first-order valence-corrected chi connectivity index (χ1v) is 6.21. The van der Waals surface area contributed by atoms with Crippen LogP contribution in [0, 0.1) is 17.2 Å². The first-order valence-electron chi connectivity index (χ1n) is 6.21. The molecule has 0 aliphatic carbocycles. The minimum atomic E-state index is -4.60. The highest BCUT2D eigenvalue weighted by Gasteiger charge is 2.34. The van der Waals surface area contributed by atoms with Crippen molar-refractivity contribution in [3.05, 3.63) is 29.3 Å². The van der Waals surface area contributed by atoms with E-state index in [2.05, 4.69) is 0 Å². The van der Waals surface area contributed by atoms with Crippen LogP contribution in [0.25, 0.3) is 0 Å². The summed E-state index contributed by atoms with van der Waals surface area (Å²) >= 11 is 0. The maximum absolute atomic E-state index is 12.8. The van der Waals surface area contributed by atoms with Crippen molar-refractivity contribution in [1.82, 2.24) is 0 Å². The lowest BCUT2D eigenvalue weighted by Gasteiger charge is -2.19. The standard InChI is InChI=1S/C14H16F3NO2/c1-3-10(9(2)19)8-20-12-5-4-11(7-18)13(6-12)14(15,16)17/h4-6,9-10,19H,3,8H2,1-2H3. The van der Waals surface area contributed by atoms with Crippen LogP contribution in [0.3, 0.4) is 0 Å². The molecule has 1 aromatic rings. The van der Waals surface area contributed by atoms with Crippen LogP contribution < -0.4 is 4.74 Å². The van der Waals surface area contributed by atoms with E-state index in [0.29, 0.717) is 6.42 Å². The highest BCUT2D eigenvalue weighted by Crippen LogP contribution is 2.34. The molecular formula is C14H16F3NO2. The maximum atomic E-state index is 12.8. The maximum Gasteiger partial charge on any atom is 0.417 e. The molecule has 20 heavy (non-hydrogen) atoms. The minimum Gasteiger partial charge on any atom is -0.493 e. The molecule has 0 aliphatic rings. The molecule has 2 unspecified atom stereocenters. The van der Waals surface area contributed by atoms with Crippen molar-refractivity contribution in [1.29, 1.82) is 5.26 Å². The number of halogens is 3. The summed E-state index contributed by atoms with van der Waals surface area (Å²) in [6.07, 6.45) is -4.54. The summed E-state index contributed by atoms with van der Waals surface area (Å²) in [7, 11) is 0. The van der Waals surface area contributed by atoms with Gasteiger partial charge in [0.15, 0.2) is 0 Å². The molecule has 0 amide bonds. The van der Waals surface area contributed by atoms with Gasteiger partial charge in [-0.05, 0) is 31.5 Å². The van der Waals surface area contributed by atoms with Gasteiger partial charge < -0.3 is 9.84 Å². The summed E-state index contributed by atoms with van der Waals surface area (Å²) in [6.45, 7) is 3.59. The lowest BCUT2D eigenvalue weighted by molar-refractivity contribution is -0.137. The van der Waals surface area contributed by atoms with E-state index in [1.807, 2.05) is 6.92 Å². The SMILES string of the molecule is CCC(COc1ccc(C#N)c(C(F)(F)F)c1)C(C)O. The smallest absolute Gasteiger partial charge is 0.417 e. The third-order valence-corrected chi connectivity index (χ3v) is 3.09. The zero-order valence-corrected chi connectivity index (χ0v) is 11.2. The van der Waals surface area contributed by atoms with Gasteiger partial charge in [-0.1, -0.05) is 6.92 Å². The Morgan fingerprint density at radius 2 is 2.05 bits per heavy atom. The lowest BCUT2D eigenvalue weighted by atomic mass is 10.0. The van der Waals surface area contributed by atoms with Gasteiger partial charge in [-0.15, -0.1) is 0 Å². The molecule has 6 heteroatoms. The first kappa shape index (κ1) is 16.3. The van der Waals surface area contributed by atoms with Crippen LogP contribution in [0.2, 0.25) is 0 Å². The quantitative estimate of drug-likeness (QED) is 0.903. The number of hydrogen-bond acceptors (Lipinski definition) is 3. The molecule has 1 N–H and O–H groups in total. The largest absolute Gasteiger partial charge is 0.493 e. The molecule has 0 bridgehead atoms. The van der Waals surface area contributed by atoms with E-state index < -0.39 is 23.4 Å². The molecule has 1 rings (SSSR count). The summed E-state index contributed by atoms with van der Waals surface area (Å²) < 4.78 is 43.6. The summed E-state index contributed by atoms with van der Waals surface area (Å²) in [5, 5.41) is 18.1. The second-order valence-electron chi connectivity index (χ2n) is 4.54. The van der Waals surface area contributed by atoms with Gasteiger partial charge in [0, 0.05) is 5.92 Å². The van der Waals surface area contributed by atoms with Gasteiger partial charge >= 0.3 is 6.18 Å². The van der Waals surface area contributed by atoms with Crippen LogP contribution in [0.1, 0.15) is 31.4 Å². The van der Waals surface area contributed by atoms with Gasteiger partial charge in [0.1, 0.15) is 5.75 Å². The predicted octanol–water partition coefficient (Wildman–Crippen LogP) is 3.36. The van der Waals surface area contributed by atoms with Gasteiger partial charge in [0.25, 0.3) is 0 Å². The third kappa shape index (κ3) is 4.14. The number of alkyl halides is 3. The molecule has 0 radical (unpaired) electrons. The number of benzene rings is 1. The average molecular weight is 287 g/mol. The van der Waals surface area contributed by atoms with Crippen LogP contribution in [0.15, 0.2) is 18.2 Å². The lowest BCUT2D eigenvalue weighted by Crippen LogP contribution is -2.23. The summed E-state index contributed by atoms with van der Waals surface area (Å²) in [4.78, 5) is 0. The molecule has 0 aliphatic heterocycles. The number of nitrogens with zero attached hydrogens (tertiary/aromatic N) is 1. The van der Waals surface area contributed by atoms with E-state index in [-0.39, 0.29) is 18.3 Å². The highest BCUT2D eigenvalue weighted by molar-refractivity contribution is 5.44. The van der Waals surface area contributed by atoms with Crippen molar-refractivity contribution in [2.75, 3.05) is 6.61 Å². The fourth-order valence-corrected chi connectivity index (χ4v) is 1.75. The number of hydrogen-bond donors (Lipinski definition) is 1. The molecular weight excluding hydrogens is 271 g/mol. The van der Waals surface area contributed by atoms with Crippen LogP contribution in [-0.2, 0) is 6.18 Å². The second kappa shape index (κ2) is 6.62. The fraction of sp³-hybridized carbons (Fsp3) is 0.500. The van der Waals surface area contributed by atoms with Crippen molar-refractivity contribution in [2.24, 2.45) is 5.92 Å². The van der Waals surface area contributed by atoms with E-state index in [1.165, 1.54) is 12.1 Å². The van der Waals surface area contributed by atoms with Gasteiger partial charge in [0.2, 0.25) is 0 Å². The van der Waals surface area contributed by atoms with Crippen molar-refractivity contribution < 1.29 is 23.0 Å².